The summed E-state index contributed by atoms with van der Waals surface area (Å²) in [5.74, 6) is -0.192. The Kier molecular flexibility index (Phi) is 10.3. The number of para-hydroxylation sites is 2. The maximum atomic E-state index is 14.3. The van der Waals surface area contributed by atoms with Crippen LogP contribution < -0.4 is 9.80 Å². The predicted octanol–water partition coefficient (Wildman–Crippen LogP) is 7.85. The van der Waals surface area contributed by atoms with Crippen molar-refractivity contribution in [3.8, 4) is 0 Å². The van der Waals surface area contributed by atoms with Gasteiger partial charge in [-0.2, -0.15) is 0 Å². The summed E-state index contributed by atoms with van der Waals surface area (Å²) in [6, 6.07) is 36.6. The molecule has 0 bridgehead atoms. The van der Waals surface area contributed by atoms with Crippen LogP contribution in [0.25, 0.3) is 11.0 Å². The lowest BCUT2D eigenvalue weighted by Crippen LogP contribution is -2.33. The number of amides is 1. The molecule has 0 spiro atoms. The molecule has 0 aliphatic carbocycles. The van der Waals surface area contributed by atoms with Crippen LogP contribution in [0, 0.1) is 0 Å². The predicted molar refractivity (Wildman–Crippen MR) is 187 cm³/mol. The Hall–Kier alpha value is -4.56. The van der Waals surface area contributed by atoms with E-state index in [0.717, 1.165) is 47.4 Å². The van der Waals surface area contributed by atoms with Crippen molar-refractivity contribution in [1.82, 2.24) is 9.55 Å². The number of carbonyl (C=O) groups is 2. The molecular weight excluding hydrogens is 593 g/mol. The zero-order valence-electron chi connectivity index (χ0n) is 26.0. The summed E-state index contributed by atoms with van der Waals surface area (Å²) in [6.45, 7) is 2.55. The first-order valence-electron chi connectivity index (χ1n) is 16.1. The van der Waals surface area contributed by atoms with E-state index in [-0.39, 0.29) is 18.4 Å². The number of hydrogen-bond donors (Lipinski definition) is 1. The third kappa shape index (κ3) is 7.62. The van der Waals surface area contributed by atoms with E-state index in [4.69, 9.17) is 4.98 Å². The number of carboxylic acid groups (broad SMARTS) is 1. The minimum Gasteiger partial charge on any atom is -0.480 e. The van der Waals surface area contributed by atoms with E-state index in [0.29, 0.717) is 23.9 Å². The van der Waals surface area contributed by atoms with Crippen molar-refractivity contribution in [2.75, 3.05) is 35.2 Å². The Balaban J connectivity index is 1.22. The van der Waals surface area contributed by atoms with Crippen LogP contribution in [0.5, 0.6) is 0 Å². The molecule has 8 heteroatoms. The van der Waals surface area contributed by atoms with Gasteiger partial charge in [0.2, 0.25) is 5.91 Å². The zero-order chi connectivity index (χ0) is 31.7. The molecular formula is C38H40N4O3S. The van der Waals surface area contributed by atoms with Gasteiger partial charge in [0.25, 0.3) is 0 Å². The highest BCUT2D eigenvalue weighted by Gasteiger charge is 2.24. The second-order valence-electron chi connectivity index (χ2n) is 11.8. The third-order valence-electron chi connectivity index (χ3n) is 8.64. The average Bonchev–Trinajstić information content (AvgIpc) is 3.44. The molecule has 7 nitrogen and oxygen atoms in total. The van der Waals surface area contributed by atoms with Crippen LogP contribution in [0.15, 0.2) is 114 Å². The number of thioether (sulfide) groups is 1. The van der Waals surface area contributed by atoms with Crippen LogP contribution in [-0.4, -0.2) is 51.9 Å². The molecule has 0 saturated carbocycles. The summed E-state index contributed by atoms with van der Waals surface area (Å²) in [6.07, 6.45) is 4.78. The molecule has 6 rings (SSSR count). The van der Waals surface area contributed by atoms with Crippen molar-refractivity contribution < 1.29 is 14.7 Å². The number of nitrogens with zero attached hydrogens (tertiary/aromatic N) is 4. The first kappa shape index (κ1) is 31.4. The number of fused-ring (bicyclic) bond motifs is 1. The molecule has 236 valence electrons. The van der Waals surface area contributed by atoms with Crippen LogP contribution in [0.4, 0.5) is 11.4 Å². The fourth-order valence-corrected chi connectivity index (χ4v) is 7.25. The number of rotatable bonds is 13. The summed E-state index contributed by atoms with van der Waals surface area (Å²) >= 11 is 1.54. The first-order valence-corrected chi connectivity index (χ1v) is 17.1. The summed E-state index contributed by atoms with van der Waals surface area (Å²) < 4.78 is 1.76. The lowest BCUT2D eigenvalue weighted by atomic mass is 9.88. The average molecular weight is 633 g/mol. The molecule has 1 aliphatic rings. The molecule has 1 fully saturated rings. The highest BCUT2D eigenvalue weighted by molar-refractivity contribution is 7.99. The molecule has 1 N–H and O–H groups in total. The normalized spacial score (nSPS) is 13.3. The van der Waals surface area contributed by atoms with Crippen LogP contribution in [0.2, 0.25) is 0 Å². The van der Waals surface area contributed by atoms with E-state index in [9.17, 15) is 14.7 Å². The van der Waals surface area contributed by atoms with Gasteiger partial charge in [0.15, 0.2) is 5.16 Å². The Labute approximate surface area is 274 Å². The molecule has 0 unspecified atom stereocenters. The Morgan fingerprint density at radius 2 is 1.43 bits per heavy atom. The van der Waals surface area contributed by atoms with E-state index in [1.54, 1.807) is 4.57 Å². The maximum Gasteiger partial charge on any atom is 0.323 e. The topological polar surface area (TPSA) is 78.7 Å². The fourth-order valence-electron chi connectivity index (χ4n) is 6.31. The number of benzene rings is 4. The van der Waals surface area contributed by atoms with Gasteiger partial charge in [-0.15, -0.1) is 0 Å². The zero-order valence-corrected chi connectivity index (χ0v) is 26.8. The van der Waals surface area contributed by atoms with Crippen LogP contribution in [-0.2, 0) is 16.1 Å². The standard InChI is InChI=1S/C38H40N4O3S/c43-36(27-33(29-13-4-1-5-14-29)30-15-6-2-7-16-30)41(32-21-19-31(20-22-32)40-23-10-3-11-24-40)25-12-26-46-38-39-34-17-8-9-18-35(34)42(38)28-37(44)45/h1-2,4-9,13-22,33H,3,10-12,23-28H2,(H,44,45). The number of anilines is 2. The molecule has 0 atom stereocenters. The highest BCUT2D eigenvalue weighted by Crippen LogP contribution is 2.31. The third-order valence-corrected chi connectivity index (χ3v) is 9.70. The molecule has 5 aromatic rings. The molecule has 0 radical (unpaired) electrons. The largest absolute Gasteiger partial charge is 0.480 e. The van der Waals surface area contributed by atoms with E-state index in [2.05, 4.69) is 53.4 Å². The van der Waals surface area contributed by atoms with Crippen molar-refractivity contribution in [3.63, 3.8) is 0 Å². The number of imidazole rings is 1. The number of carbonyl (C=O) groups excluding carboxylic acids is 1. The number of carboxylic acids is 1. The molecule has 2 heterocycles. The van der Waals surface area contributed by atoms with Crippen molar-refractivity contribution in [2.45, 2.75) is 49.7 Å². The van der Waals surface area contributed by atoms with Gasteiger partial charge >= 0.3 is 5.97 Å². The summed E-state index contributed by atoms with van der Waals surface area (Å²) in [4.78, 5) is 35.0. The van der Waals surface area contributed by atoms with Gasteiger partial charge in [-0.05, 0) is 73.2 Å². The number of piperidine rings is 1. The summed E-state index contributed by atoms with van der Waals surface area (Å²) in [7, 11) is 0. The number of aromatic nitrogens is 2. The smallest absolute Gasteiger partial charge is 0.323 e. The SMILES string of the molecule is O=C(O)Cn1c(SCCCN(C(=O)CC(c2ccccc2)c2ccccc2)c2ccc(N3CCCCC3)cc2)nc2ccccc21. The Morgan fingerprint density at radius 3 is 2.09 bits per heavy atom. The lowest BCUT2D eigenvalue weighted by Gasteiger charge is -2.30. The van der Waals surface area contributed by atoms with Crippen molar-refractivity contribution in [3.05, 3.63) is 120 Å². The Bertz CT molecular complexity index is 1700. The molecule has 1 saturated heterocycles. The molecule has 46 heavy (non-hydrogen) atoms. The van der Waals surface area contributed by atoms with Gasteiger partial charge in [0, 0.05) is 49.1 Å². The Morgan fingerprint density at radius 1 is 0.804 bits per heavy atom. The van der Waals surface area contributed by atoms with Gasteiger partial charge in [0.05, 0.1) is 11.0 Å². The number of hydrogen-bond acceptors (Lipinski definition) is 5. The maximum absolute atomic E-state index is 14.3. The minimum absolute atomic E-state index is 0.0599. The van der Waals surface area contributed by atoms with E-state index < -0.39 is 5.97 Å². The van der Waals surface area contributed by atoms with Gasteiger partial charge in [-0.1, -0.05) is 84.6 Å². The second-order valence-corrected chi connectivity index (χ2v) is 12.8. The van der Waals surface area contributed by atoms with Crippen LogP contribution >= 0.6 is 11.8 Å². The summed E-state index contributed by atoms with van der Waals surface area (Å²) in [5, 5.41) is 10.2. The van der Waals surface area contributed by atoms with Gasteiger partial charge in [-0.25, -0.2) is 4.98 Å². The van der Waals surface area contributed by atoms with Crippen molar-refractivity contribution in [2.24, 2.45) is 0 Å². The van der Waals surface area contributed by atoms with Gasteiger partial charge in [0.1, 0.15) is 6.54 Å². The number of aliphatic carboxylic acids is 1. The van der Waals surface area contributed by atoms with E-state index in [1.807, 2.05) is 65.6 Å². The minimum atomic E-state index is -0.902. The van der Waals surface area contributed by atoms with E-state index >= 15 is 0 Å². The first-order chi connectivity index (χ1) is 22.6. The molecule has 1 amide bonds. The highest BCUT2D eigenvalue weighted by atomic mass is 32.2. The van der Waals surface area contributed by atoms with Gasteiger partial charge in [-0.3, -0.25) is 9.59 Å². The molecule has 1 aliphatic heterocycles. The van der Waals surface area contributed by atoms with E-state index in [1.165, 1.54) is 36.7 Å². The second kappa shape index (κ2) is 15.1. The fraction of sp³-hybridized carbons (Fsp3) is 0.289. The van der Waals surface area contributed by atoms with Gasteiger partial charge < -0.3 is 19.5 Å². The molecule has 4 aromatic carbocycles. The quantitative estimate of drug-likeness (QED) is 0.105. The van der Waals surface area contributed by atoms with Crippen molar-refractivity contribution >= 4 is 46.0 Å². The van der Waals surface area contributed by atoms with Crippen LogP contribution in [0.1, 0.15) is 49.1 Å². The van der Waals surface area contributed by atoms with Crippen LogP contribution in [0.3, 0.4) is 0 Å². The lowest BCUT2D eigenvalue weighted by molar-refractivity contribution is -0.137. The molecule has 1 aromatic heterocycles. The van der Waals surface area contributed by atoms with Crippen molar-refractivity contribution in [1.29, 1.82) is 0 Å². The monoisotopic (exact) mass is 632 g/mol. The summed E-state index contributed by atoms with van der Waals surface area (Å²) in [5.41, 5.74) is 5.94.